The lowest BCUT2D eigenvalue weighted by molar-refractivity contribution is 0.0944. The fourth-order valence-electron chi connectivity index (χ4n) is 3.41. The Morgan fingerprint density at radius 3 is 2.85 bits per heavy atom. The van der Waals surface area contributed by atoms with E-state index in [0.717, 1.165) is 24.0 Å². The molecule has 2 aromatic heterocycles. The Morgan fingerprint density at radius 1 is 1.44 bits per heavy atom. The number of nitrogens with one attached hydrogen (secondary N) is 1. The molecule has 144 valence electrons. The molecule has 2 N–H and O–H groups in total. The highest BCUT2D eigenvalue weighted by Crippen LogP contribution is 2.29. The van der Waals surface area contributed by atoms with Gasteiger partial charge in [-0.25, -0.2) is 0 Å². The molecule has 0 spiro atoms. The standard InChI is InChI=1S/C19H24N4O4/c1-11(2)10-22-17-14(12-5-7-27-8-6-12)9-20-23(17)19(26)15(18(22)25)16(24)21-13-3-4-13/h5,9,11,13,25H,3-4,6-8,10H2,1-2H3,(H,21,24). The third-order valence-corrected chi connectivity index (χ3v) is 4.88. The van der Waals surface area contributed by atoms with Gasteiger partial charge in [0.15, 0.2) is 5.56 Å². The van der Waals surface area contributed by atoms with E-state index < -0.39 is 11.5 Å². The number of rotatable bonds is 5. The van der Waals surface area contributed by atoms with Crippen LogP contribution in [-0.4, -0.2) is 44.5 Å². The summed E-state index contributed by atoms with van der Waals surface area (Å²) < 4.78 is 8.23. The maximum absolute atomic E-state index is 12.9. The normalized spacial score (nSPS) is 17.4. The van der Waals surface area contributed by atoms with Crippen molar-refractivity contribution >= 4 is 17.1 Å². The predicted octanol–water partition coefficient (Wildman–Crippen LogP) is 1.55. The number of fused-ring (bicyclic) bond motifs is 1. The third kappa shape index (κ3) is 3.25. The van der Waals surface area contributed by atoms with Crippen LogP contribution in [0.1, 0.15) is 49.0 Å². The second-order valence-corrected chi connectivity index (χ2v) is 7.60. The van der Waals surface area contributed by atoms with Crippen LogP contribution in [0, 0.1) is 5.92 Å². The van der Waals surface area contributed by atoms with E-state index in [9.17, 15) is 14.7 Å². The van der Waals surface area contributed by atoms with Crippen LogP contribution in [-0.2, 0) is 11.3 Å². The number of aromatic hydroxyl groups is 1. The zero-order valence-corrected chi connectivity index (χ0v) is 15.6. The highest BCUT2D eigenvalue weighted by atomic mass is 16.5. The second-order valence-electron chi connectivity index (χ2n) is 7.60. The molecule has 0 radical (unpaired) electrons. The monoisotopic (exact) mass is 372 g/mol. The molecule has 0 unspecified atom stereocenters. The molecule has 0 saturated heterocycles. The van der Waals surface area contributed by atoms with Gasteiger partial charge in [0, 0.05) is 18.2 Å². The van der Waals surface area contributed by atoms with Crippen molar-refractivity contribution in [3.63, 3.8) is 0 Å². The summed E-state index contributed by atoms with van der Waals surface area (Å²) >= 11 is 0. The number of nitrogens with zero attached hydrogens (tertiary/aromatic N) is 3. The number of hydrogen-bond donors (Lipinski definition) is 2. The largest absolute Gasteiger partial charge is 0.494 e. The molecule has 8 nitrogen and oxygen atoms in total. The Morgan fingerprint density at radius 2 is 2.22 bits per heavy atom. The van der Waals surface area contributed by atoms with Gasteiger partial charge in [-0.05, 0) is 30.8 Å². The quantitative estimate of drug-likeness (QED) is 0.830. The van der Waals surface area contributed by atoms with E-state index in [0.29, 0.717) is 31.8 Å². The van der Waals surface area contributed by atoms with Crippen molar-refractivity contribution in [2.75, 3.05) is 13.2 Å². The summed E-state index contributed by atoms with van der Waals surface area (Å²) in [5.41, 5.74) is 1.50. The zero-order chi connectivity index (χ0) is 19.1. The van der Waals surface area contributed by atoms with Crippen LogP contribution < -0.4 is 10.9 Å². The molecular weight excluding hydrogens is 348 g/mol. The summed E-state index contributed by atoms with van der Waals surface area (Å²) in [5, 5.41) is 17.9. The fourth-order valence-corrected chi connectivity index (χ4v) is 3.41. The van der Waals surface area contributed by atoms with E-state index in [1.54, 1.807) is 10.8 Å². The summed E-state index contributed by atoms with van der Waals surface area (Å²) in [6.07, 6.45) is 6.11. The Balaban J connectivity index is 1.93. The lowest BCUT2D eigenvalue weighted by Gasteiger charge is -2.19. The molecule has 1 saturated carbocycles. The van der Waals surface area contributed by atoms with E-state index in [1.165, 1.54) is 4.52 Å². The van der Waals surface area contributed by atoms with E-state index >= 15 is 0 Å². The van der Waals surface area contributed by atoms with Gasteiger partial charge < -0.3 is 15.2 Å². The number of aromatic nitrogens is 3. The van der Waals surface area contributed by atoms with E-state index in [1.807, 2.05) is 19.9 Å². The topological polar surface area (TPSA) is 97.9 Å². The van der Waals surface area contributed by atoms with Crippen LogP contribution in [0.4, 0.5) is 0 Å². The van der Waals surface area contributed by atoms with Crippen molar-refractivity contribution in [1.82, 2.24) is 19.5 Å². The average molecular weight is 372 g/mol. The highest BCUT2D eigenvalue weighted by Gasteiger charge is 2.30. The van der Waals surface area contributed by atoms with Crippen LogP contribution in [0.5, 0.6) is 5.88 Å². The summed E-state index contributed by atoms with van der Waals surface area (Å²) in [6, 6.07) is 0.0890. The van der Waals surface area contributed by atoms with Gasteiger partial charge in [0.05, 0.1) is 19.4 Å². The third-order valence-electron chi connectivity index (χ3n) is 4.88. The molecule has 1 aliphatic heterocycles. The van der Waals surface area contributed by atoms with Crippen molar-refractivity contribution in [3.05, 3.63) is 33.8 Å². The molecule has 1 aliphatic carbocycles. The molecule has 8 heteroatoms. The summed E-state index contributed by atoms with van der Waals surface area (Å²) in [5.74, 6) is -0.636. The van der Waals surface area contributed by atoms with Crippen LogP contribution in [0.15, 0.2) is 17.1 Å². The van der Waals surface area contributed by atoms with Crippen LogP contribution in [0.2, 0.25) is 0 Å². The molecule has 2 aromatic rings. The lowest BCUT2D eigenvalue weighted by atomic mass is 10.0. The average Bonchev–Trinajstić information content (AvgIpc) is 3.33. The van der Waals surface area contributed by atoms with Crippen LogP contribution in [0.3, 0.4) is 0 Å². The van der Waals surface area contributed by atoms with Crippen molar-refractivity contribution in [2.45, 2.75) is 45.7 Å². The number of carbonyl (C=O) groups is 1. The van der Waals surface area contributed by atoms with E-state index in [4.69, 9.17) is 4.74 Å². The van der Waals surface area contributed by atoms with Gasteiger partial charge in [-0.3, -0.25) is 14.2 Å². The van der Waals surface area contributed by atoms with Crippen LogP contribution >= 0.6 is 0 Å². The summed E-state index contributed by atoms with van der Waals surface area (Å²) in [4.78, 5) is 25.5. The van der Waals surface area contributed by atoms with E-state index in [2.05, 4.69) is 10.4 Å². The molecule has 27 heavy (non-hydrogen) atoms. The van der Waals surface area contributed by atoms with Gasteiger partial charge in [0.2, 0.25) is 5.88 Å². The van der Waals surface area contributed by atoms with Gasteiger partial charge in [-0.1, -0.05) is 19.9 Å². The van der Waals surface area contributed by atoms with Gasteiger partial charge in [0.1, 0.15) is 5.65 Å². The lowest BCUT2D eigenvalue weighted by Crippen LogP contribution is -2.34. The Kier molecular flexibility index (Phi) is 4.51. The minimum Gasteiger partial charge on any atom is -0.494 e. The van der Waals surface area contributed by atoms with Crippen molar-refractivity contribution in [3.8, 4) is 5.88 Å². The number of amides is 1. The molecule has 4 rings (SSSR count). The Hall–Kier alpha value is -2.61. The van der Waals surface area contributed by atoms with Gasteiger partial charge >= 0.3 is 0 Å². The molecule has 0 aromatic carbocycles. The molecule has 1 fully saturated rings. The van der Waals surface area contributed by atoms with Crippen molar-refractivity contribution in [1.29, 1.82) is 0 Å². The molecule has 1 amide bonds. The van der Waals surface area contributed by atoms with Gasteiger partial charge in [-0.15, -0.1) is 0 Å². The highest BCUT2D eigenvalue weighted by molar-refractivity contribution is 5.97. The molecule has 0 atom stereocenters. The molecule has 2 aliphatic rings. The van der Waals surface area contributed by atoms with Crippen LogP contribution in [0.25, 0.3) is 11.2 Å². The minimum atomic E-state index is -0.598. The van der Waals surface area contributed by atoms with E-state index in [-0.39, 0.29) is 23.4 Å². The second kappa shape index (κ2) is 6.84. The first kappa shape index (κ1) is 17.8. The van der Waals surface area contributed by atoms with Crippen molar-refractivity contribution in [2.24, 2.45) is 5.92 Å². The minimum absolute atomic E-state index is 0.0890. The molecule has 0 bridgehead atoms. The number of ether oxygens (including phenoxy) is 1. The van der Waals surface area contributed by atoms with Crippen molar-refractivity contribution < 1.29 is 14.6 Å². The van der Waals surface area contributed by atoms with Gasteiger partial charge in [-0.2, -0.15) is 9.61 Å². The molecule has 3 heterocycles. The molecular formula is C19H24N4O4. The Bertz CT molecular complexity index is 982. The fraction of sp³-hybridized carbons (Fsp3) is 0.526. The Labute approximate surface area is 156 Å². The predicted molar refractivity (Wildman–Crippen MR) is 99.9 cm³/mol. The number of hydrogen-bond acceptors (Lipinski definition) is 5. The first-order valence-corrected chi connectivity index (χ1v) is 9.39. The SMILES string of the molecule is CC(C)Cn1c(O)c(C(=O)NC2CC2)c(=O)n2ncc(C3=CCOCC3)c12. The maximum Gasteiger partial charge on any atom is 0.291 e. The van der Waals surface area contributed by atoms with Gasteiger partial charge in [0.25, 0.3) is 11.5 Å². The maximum atomic E-state index is 12.9. The first-order valence-electron chi connectivity index (χ1n) is 9.39. The first-order chi connectivity index (χ1) is 13.0. The summed E-state index contributed by atoms with van der Waals surface area (Å²) in [6.45, 7) is 5.60. The summed E-state index contributed by atoms with van der Waals surface area (Å²) in [7, 11) is 0. The smallest absolute Gasteiger partial charge is 0.291 e. The number of carbonyl (C=O) groups excluding carboxylic acids is 1. The zero-order valence-electron chi connectivity index (χ0n) is 15.6.